The summed E-state index contributed by atoms with van der Waals surface area (Å²) in [5.74, 6) is 1.22. The van der Waals surface area contributed by atoms with Crippen LogP contribution in [0.5, 0.6) is 0 Å². The Bertz CT molecular complexity index is 1050. The highest BCUT2D eigenvalue weighted by Crippen LogP contribution is 2.44. The lowest BCUT2D eigenvalue weighted by Crippen LogP contribution is -2.27. The maximum atomic E-state index is 12.4. The molecular weight excluding hydrogens is 382 g/mol. The molecule has 0 unspecified atom stereocenters. The van der Waals surface area contributed by atoms with Crippen molar-refractivity contribution in [3.05, 3.63) is 64.6 Å². The number of aryl methyl sites for hydroxylation is 1. The van der Waals surface area contributed by atoms with E-state index in [1.54, 1.807) is 11.8 Å². The van der Waals surface area contributed by atoms with Crippen molar-refractivity contribution < 1.29 is 4.79 Å². The third-order valence-corrected chi connectivity index (χ3v) is 6.48. The van der Waals surface area contributed by atoms with Crippen LogP contribution in [0.15, 0.2) is 36.5 Å². The third kappa shape index (κ3) is 3.71. The highest BCUT2D eigenvalue weighted by Gasteiger charge is 2.33. The van der Waals surface area contributed by atoms with Gasteiger partial charge in [-0.3, -0.25) is 9.48 Å². The molecule has 0 fully saturated rings. The Hall–Kier alpha value is -2.54. The van der Waals surface area contributed by atoms with E-state index in [4.69, 9.17) is 5.10 Å². The van der Waals surface area contributed by atoms with Gasteiger partial charge in [-0.25, -0.2) is 4.68 Å². The molecule has 1 aliphatic heterocycles. The Balaban J connectivity index is 1.78. The molecule has 1 aromatic carbocycles. The van der Waals surface area contributed by atoms with E-state index in [1.165, 1.54) is 11.1 Å². The second-order valence-electron chi connectivity index (χ2n) is 8.50. The van der Waals surface area contributed by atoms with Gasteiger partial charge in [0.25, 0.3) is 0 Å². The van der Waals surface area contributed by atoms with Crippen molar-refractivity contribution in [1.29, 1.82) is 0 Å². The molecule has 1 N–H and O–H groups in total. The van der Waals surface area contributed by atoms with Crippen LogP contribution in [0.2, 0.25) is 0 Å². The van der Waals surface area contributed by atoms with Crippen LogP contribution in [-0.4, -0.2) is 31.2 Å². The number of aromatic nitrogens is 4. The Morgan fingerprint density at radius 3 is 2.62 bits per heavy atom. The maximum absolute atomic E-state index is 12.4. The quantitative estimate of drug-likeness (QED) is 0.701. The van der Waals surface area contributed by atoms with Gasteiger partial charge in [0.15, 0.2) is 0 Å². The van der Waals surface area contributed by atoms with Crippen molar-refractivity contribution >= 4 is 23.5 Å². The van der Waals surface area contributed by atoms with Gasteiger partial charge in [-0.15, -0.1) is 11.8 Å². The largest absolute Gasteiger partial charge is 0.310 e. The number of benzene rings is 1. The van der Waals surface area contributed by atoms with Gasteiger partial charge in [0.2, 0.25) is 5.91 Å². The molecular formula is C22H27N5OS. The van der Waals surface area contributed by atoms with Crippen molar-refractivity contribution in [2.75, 3.05) is 11.1 Å². The molecule has 0 spiro atoms. The summed E-state index contributed by atoms with van der Waals surface area (Å²) in [6.45, 7) is 11.2. The zero-order valence-electron chi connectivity index (χ0n) is 17.6. The zero-order chi connectivity index (χ0) is 20.8. The predicted molar refractivity (Wildman–Crippen MR) is 117 cm³/mol. The number of hydrogen-bond acceptors (Lipinski definition) is 4. The molecule has 0 aliphatic carbocycles. The molecule has 1 atom stereocenters. The van der Waals surface area contributed by atoms with Gasteiger partial charge in [0, 0.05) is 16.8 Å². The average molecular weight is 410 g/mol. The van der Waals surface area contributed by atoms with Crippen molar-refractivity contribution in [2.24, 2.45) is 0 Å². The zero-order valence-corrected chi connectivity index (χ0v) is 18.4. The first-order valence-corrected chi connectivity index (χ1v) is 10.9. The molecule has 3 aromatic rings. The highest BCUT2D eigenvalue weighted by molar-refractivity contribution is 8.00. The fourth-order valence-electron chi connectivity index (χ4n) is 3.84. The minimum Gasteiger partial charge on any atom is -0.310 e. The normalized spacial score (nSPS) is 17.0. The minimum atomic E-state index is -0.220. The van der Waals surface area contributed by atoms with Crippen molar-refractivity contribution in [3.8, 4) is 0 Å². The van der Waals surface area contributed by atoms with E-state index < -0.39 is 0 Å². The molecule has 6 nitrogen and oxygen atoms in total. The second kappa shape index (κ2) is 7.37. The number of hydrogen-bond donors (Lipinski definition) is 1. The van der Waals surface area contributed by atoms with Crippen LogP contribution in [0, 0.1) is 13.8 Å². The molecule has 3 heterocycles. The number of anilines is 1. The molecule has 152 valence electrons. The third-order valence-electron chi connectivity index (χ3n) is 5.23. The topological polar surface area (TPSA) is 64.7 Å². The van der Waals surface area contributed by atoms with Gasteiger partial charge in [0.05, 0.1) is 35.0 Å². The summed E-state index contributed by atoms with van der Waals surface area (Å²) in [7, 11) is 0. The molecule has 1 aliphatic rings. The SMILES string of the molecule is Cc1nn(Cc2ccccc2)c(C)c1[C@H]1SCC(=O)Nc2c1cnn2C(C)(C)C. The summed E-state index contributed by atoms with van der Waals surface area (Å²) in [6, 6.07) is 10.4. The standard InChI is InChI=1S/C22H27N5OS/c1-14-19(15(2)26(25-14)12-16-9-7-6-8-10-16)20-17-11-23-27(22(3,4)5)21(17)24-18(28)13-29-20/h6-11,20H,12-13H2,1-5H3,(H,24,28)/t20-/m0/s1. The molecule has 29 heavy (non-hydrogen) atoms. The molecule has 0 radical (unpaired) electrons. The molecule has 0 bridgehead atoms. The molecule has 7 heteroatoms. The summed E-state index contributed by atoms with van der Waals surface area (Å²) in [4.78, 5) is 12.4. The van der Waals surface area contributed by atoms with Crippen LogP contribution in [0.3, 0.4) is 0 Å². The number of nitrogens with zero attached hydrogens (tertiary/aromatic N) is 4. The van der Waals surface area contributed by atoms with Crippen molar-refractivity contribution in [1.82, 2.24) is 19.6 Å². The number of nitrogens with one attached hydrogen (secondary N) is 1. The Labute approximate surface area is 175 Å². The van der Waals surface area contributed by atoms with E-state index in [1.807, 2.05) is 29.1 Å². The van der Waals surface area contributed by atoms with Gasteiger partial charge in [-0.05, 0) is 40.2 Å². The van der Waals surface area contributed by atoms with Gasteiger partial charge >= 0.3 is 0 Å². The lowest BCUT2D eigenvalue weighted by molar-refractivity contribution is -0.113. The van der Waals surface area contributed by atoms with Gasteiger partial charge in [0.1, 0.15) is 5.82 Å². The van der Waals surface area contributed by atoms with E-state index in [0.717, 1.165) is 29.3 Å². The van der Waals surface area contributed by atoms with Crippen LogP contribution in [0.1, 0.15) is 54.1 Å². The Morgan fingerprint density at radius 1 is 1.21 bits per heavy atom. The van der Waals surface area contributed by atoms with Crippen LogP contribution >= 0.6 is 11.8 Å². The molecule has 1 amide bonds. The number of fused-ring (bicyclic) bond motifs is 1. The minimum absolute atomic E-state index is 0.0109. The fourth-order valence-corrected chi connectivity index (χ4v) is 5.09. The number of amides is 1. The summed E-state index contributed by atoms with van der Waals surface area (Å²) in [5, 5.41) is 12.5. The van der Waals surface area contributed by atoms with E-state index in [0.29, 0.717) is 5.75 Å². The van der Waals surface area contributed by atoms with Gasteiger partial charge < -0.3 is 5.32 Å². The fraction of sp³-hybridized carbons (Fsp3) is 0.409. The first-order chi connectivity index (χ1) is 13.8. The van der Waals surface area contributed by atoms with Gasteiger partial charge in [-0.1, -0.05) is 30.3 Å². The van der Waals surface area contributed by atoms with E-state index >= 15 is 0 Å². The average Bonchev–Trinajstić information content (AvgIpc) is 3.14. The summed E-state index contributed by atoms with van der Waals surface area (Å²) < 4.78 is 3.98. The molecule has 2 aromatic heterocycles. The van der Waals surface area contributed by atoms with Crippen LogP contribution in [-0.2, 0) is 16.9 Å². The van der Waals surface area contributed by atoms with E-state index in [2.05, 4.69) is 61.8 Å². The number of carbonyl (C=O) groups excluding carboxylic acids is 1. The Morgan fingerprint density at radius 2 is 1.93 bits per heavy atom. The lowest BCUT2D eigenvalue weighted by Gasteiger charge is -2.23. The summed E-state index contributed by atoms with van der Waals surface area (Å²) in [6.07, 6.45) is 1.90. The monoisotopic (exact) mass is 409 g/mol. The lowest BCUT2D eigenvalue weighted by atomic mass is 10.0. The number of rotatable bonds is 3. The smallest absolute Gasteiger partial charge is 0.235 e. The Kier molecular flexibility index (Phi) is 5.02. The second-order valence-corrected chi connectivity index (χ2v) is 9.59. The summed E-state index contributed by atoms with van der Waals surface area (Å²) >= 11 is 1.64. The van der Waals surface area contributed by atoms with Crippen LogP contribution in [0.4, 0.5) is 5.82 Å². The molecule has 0 saturated heterocycles. The van der Waals surface area contributed by atoms with E-state index in [9.17, 15) is 4.79 Å². The van der Waals surface area contributed by atoms with Crippen molar-refractivity contribution in [3.63, 3.8) is 0 Å². The van der Waals surface area contributed by atoms with Gasteiger partial charge in [-0.2, -0.15) is 10.2 Å². The molecule has 0 saturated carbocycles. The maximum Gasteiger partial charge on any atom is 0.235 e. The van der Waals surface area contributed by atoms with Crippen LogP contribution in [0.25, 0.3) is 0 Å². The summed E-state index contributed by atoms with van der Waals surface area (Å²) in [5.41, 5.74) is 5.35. The first kappa shape index (κ1) is 19.8. The number of carbonyl (C=O) groups is 1. The predicted octanol–water partition coefficient (Wildman–Crippen LogP) is 4.27. The molecule has 4 rings (SSSR count). The van der Waals surface area contributed by atoms with Crippen LogP contribution < -0.4 is 5.32 Å². The first-order valence-electron chi connectivity index (χ1n) is 9.83. The van der Waals surface area contributed by atoms with E-state index in [-0.39, 0.29) is 16.7 Å². The number of thioether (sulfide) groups is 1. The highest BCUT2D eigenvalue weighted by atomic mass is 32.2. The van der Waals surface area contributed by atoms with Crippen molar-refractivity contribution in [2.45, 2.75) is 52.0 Å².